The van der Waals surface area contributed by atoms with Gasteiger partial charge in [-0.2, -0.15) is 0 Å². The van der Waals surface area contributed by atoms with E-state index < -0.39 is 11.7 Å². The Kier molecular flexibility index (Phi) is 5.86. The summed E-state index contributed by atoms with van der Waals surface area (Å²) in [6, 6.07) is 14.7. The van der Waals surface area contributed by atoms with Crippen LogP contribution >= 0.6 is 23.2 Å². The van der Waals surface area contributed by atoms with Gasteiger partial charge in [0.15, 0.2) is 0 Å². The minimum Gasteiger partial charge on any atom is -0.330 e. The van der Waals surface area contributed by atoms with E-state index in [0.717, 1.165) is 11.1 Å². The summed E-state index contributed by atoms with van der Waals surface area (Å²) in [7, 11) is 0. The van der Waals surface area contributed by atoms with Crippen LogP contribution in [0, 0.1) is 5.82 Å². The van der Waals surface area contributed by atoms with Crippen molar-refractivity contribution in [3.8, 4) is 0 Å². The number of aromatic nitrogens is 1. The highest BCUT2D eigenvalue weighted by Gasteiger charge is 2.20. The van der Waals surface area contributed by atoms with Crippen LogP contribution in [0.1, 0.15) is 21.5 Å². The third-order valence-electron chi connectivity index (χ3n) is 3.86. The van der Waals surface area contributed by atoms with E-state index in [1.807, 2.05) is 6.07 Å². The van der Waals surface area contributed by atoms with Gasteiger partial charge in [0.05, 0.1) is 5.56 Å². The topological polar surface area (TPSA) is 33.2 Å². The van der Waals surface area contributed by atoms with Gasteiger partial charge in [-0.05, 0) is 41.5 Å². The molecule has 6 heteroatoms. The Bertz CT molecular complexity index is 919. The number of benzene rings is 2. The summed E-state index contributed by atoms with van der Waals surface area (Å²) in [4.78, 5) is 18.5. The number of hydrogen-bond donors (Lipinski definition) is 0. The number of amides is 1. The Hall–Kier alpha value is -2.43. The first kappa shape index (κ1) is 18.4. The lowest BCUT2D eigenvalue weighted by molar-refractivity contribution is 0.0725. The molecule has 3 nitrogen and oxygen atoms in total. The number of carbonyl (C=O) groups is 1. The van der Waals surface area contributed by atoms with Crippen LogP contribution in [0.3, 0.4) is 0 Å². The number of rotatable bonds is 5. The van der Waals surface area contributed by atoms with E-state index in [2.05, 4.69) is 4.98 Å². The van der Waals surface area contributed by atoms with Gasteiger partial charge in [0.1, 0.15) is 5.82 Å². The van der Waals surface area contributed by atoms with Crippen LogP contribution < -0.4 is 0 Å². The third kappa shape index (κ3) is 4.40. The minimum atomic E-state index is -0.559. The van der Waals surface area contributed by atoms with Gasteiger partial charge in [-0.25, -0.2) is 4.39 Å². The maximum absolute atomic E-state index is 14.1. The Labute approximate surface area is 161 Å². The van der Waals surface area contributed by atoms with Crippen LogP contribution in [-0.4, -0.2) is 15.8 Å². The molecule has 2 aromatic carbocycles. The zero-order valence-electron chi connectivity index (χ0n) is 13.7. The van der Waals surface area contributed by atoms with Gasteiger partial charge in [-0.3, -0.25) is 9.78 Å². The Morgan fingerprint density at radius 1 is 1.04 bits per heavy atom. The van der Waals surface area contributed by atoms with Gasteiger partial charge in [0, 0.05) is 35.5 Å². The standard InChI is InChI=1S/C20H15Cl2FN2O/c21-16-8-7-15(18(22)10-16)13-25(12-14-4-3-9-24-11-14)20(26)17-5-1-2-6-19(17)23/h1-11H,12-13H2. The summed E-state index contributed by atoms with van der Waals surface area (Å²) in [6.45, 7) is 0.498. The first-order chi connectivity index (χ1) is 12.5. The number of carbonyl (C=O) groups excluding carboxylic acids is 1. The van der Waals surface area contributed by atoms with E-state index in [1.165, 1.54) is 17.0 Å². The number of nitrogens with zero attached hydrogens (tertiary/aromatic N) is 2. The summed E-state index contributed by atoms with van der Waals surface area (Å²) in [6.07, 6.45) is 3.33. The maximum Gasteiger partial charge on any atom is 0.257 e. The molecule has 0 aliphatic heterocycles. The van der Waals surface area contributed by atoms with E-state index >= 15 is 0 Å². The van der Waals surface area contributed by atoms with Crippen LogP contribution in [0.25, 0.3) is 0 Å². The molecule has 0 spiro atoms. The second-order valence-electron chi connectivity index (χ2n) is 5.74. The molecule has 1 amide bonds. The van der Waals surface area contributed by atoms with Crippen molar-refractivity contribution in [3.05, 3.63) is 99.5 Å². The summed E-state index contributed by atoms with van der Waals surface area (Å²) in [5.41, 5.74) is 1.58. The molecule has 0 fully saturated rings. The largest absolute Gasteiger partial charge is 0.330 e. The molecule has 0 radical (unpaired) electrons. The molecule has 0 unspecified atom stereocenters. The molecule has 0 aliphatic carbocycles. The maximum atomic E-state index is 14.1. The van der Waals surface area contributed by atoms with Crippen LogP contribution in [-0.2, 0) is 13.1 Å². The van der Waals surface area contributed by atoms with Gasteiger partial charge in [0.25, 0.3) is 5.91 Å². The number of pyridine rings is 1. The Morgan fingerprint density at radius 2 is 1.85 bits per heavy atom. The van der Waals surface area contributed by atoms with Crippen molar-refractivity contribution >= 4 is 29.1 Å². The van der Waals surface area contributed by atoms with Crippen LogP contribution in [0.5, 0.6) is 0 Å². The molecule has 0 atom stereocenters. The normalized spacial score (nSPS) is 10.6. The fourth-order valence-electron chi connectivity index (χ4n) is 2.57. The average Bonchev–Trinajstić information content (AvgIpc) is 2.64. The zero-order valence-corrected chi connectivity index (χ0v) is 15.2. The van der Waals surface area contributed by atoms with Gasteiger partial charge < -0.3 is 4.90 Å². The fraction of sp³-hybridized carbons (Fsp3) is 0.100. The van der Waals surface area contributed by atoms with Crippen molar-refractivity contribution in [2.75, 3.05) is 0 Å². The molecule has 1 aromatic heterocycles. The van der Waals surface area contributed by atoms with Crippen molar-refractivity contribution in [1.82, 2.24) is 9.88 Å². The lowest BCUT2D eigenvalue weighted by Gasteiger charge is -2.24. The van der Waals surface area contributed by atoms with Gasteiger partial charge in [-0.1, -0.05) is 47.5 Å². The molecule has 132 valence electrons. The lowest BCUT2D eigenvalue weighted by Crippen LogP contribution is -2.31. The highest BCUT2D eigenvalue weighted by Crippen LogP contribution is 2.24. The number of halogens is 3. The van der Waals surface area contributed by atoms with Crippen molar-refractivity contribution < 1.29 is 9.18 Å². The molecular formula is C20H15Cl2FN2O. The third-order valence-corrected chi connectivity index (χ3v) is 4.45. The van der Waals surface area contributed by atoms with Gasteiger partial charge in [-0.15, -0.1) is 0 Å². The van der Waals surface area contributed by atoms with Crippen molar-refractivity contribution in [2.45, 2.75) is 13.1 Å². The molecular weight excluding hydrogens is 374 g/mol. The Balaban J connectivity index is 1.93. The van der Waals surface area contributed by atoms with E-state index in [1.54, 1.807) is 48.8 Å². The van der Waals surface area contributed by atoms with E-state index in [9.17, 15) is 9.18 Å². The Morgan fingerprint density at radius 3 is 2.54 bits per heavy atom. The molecule has 0 bridgehead atoms. The molecule has 0 saturated carbocycles. The monoisotopic (exact) mass is 388 g/mol. The van der Waals surface area contributed by atoms with Crippen LogP contribution in [0.15, 0.2) is 67.0 Å². The molecule has 0 N–H and O–H groups in total. The second kappa shape index (κ2) is 8.30. The summed E-state index contributed by atoms with van der Waals surface area (Å²) in [5.74, 6) is -0.978. The van der Waals surface area contributed by atoms with Crippen molar-refractivity contribution in [3.63, 3.8) is 0 Å². The van der Waals surface area contributed by atoms with Crippen LogP contribution in [0.4, 0.5) is 4.39 Å². The first-order valence-electron chi connectivity index (χ1n) is 7.91. The second-order valence-corrected chi connectivity index (χ2v) is 6.58. The molecule has 3 rings (SSSR count). The van der Waals surface area contributed by atoms with Crippen LogP contribution in [0.2, 0.25) is 10.0 Å². The number of hydrogen-bond acceptors (Lipinski definition) is 2. The smallest absolute Gasteiger partial charge is 0.257 e. The highest BCUT2D eigenvalue weighted by atomic mass is 35.5. The van der Waals surface area contributed by atoms with Gasteiger partial charge >= 0.3 is 0 Å². The van der Waals surface area contributed by atoms with Gasteiger partial charge in [0.2, 0.25) is 0 Å². The molecule has 3 aromatic rings. The molecule has 0 saturated heterocycles. The van der Waals surface area contributed by atoms with E-state index in [0.29, 0.717) is 10.0 Å². The zero-order chi connectivity index (χ0) is 18.5. The molecule has 1 heterocycles. The van der Waals surface area contributed by atoms with E-state index in [4.69, 9.17) is 23.2 Å². The molecule has 0 aliphatic rings. The van der Waals surface area contributed by atoms with Crippen molar-refractivity contribution in [1.29, 1.82) is 0 Å². The summed E-state index contributed by atoms with van der Waals surface area (Å²) >= 11 is 12.2. The summed E-state index contributed by atoms with van der Waals surface area (Å²) < 4.78 is 14.1. The highest BCUT2D eigenvalue weighted by molar-refractivity contribution is 6.35. The average molecular weight is 389 g/mol. The predicted octanol–water partition coefficient (Wildman–Crippen LogP) is 5.37. The predicted molar refractivity (Wildman–Crippen MR) is 101 cm³/mol. The minimum absolute atomic E-state index is 0.0153. The van der Waals surface area contributed by atoms with Crippen molar-refractivity contribution in [2.24, 2.45) is 0 Å². The first-order valence-corrected chi connectivity index (χ1v) is 8.67. The SMILES string of the molecule is O=C(c1ccccc1F)N(Cc1cccnc1)Cc1ccc(Cl)cc1Cl. The fourth-order valence-corrected chi connectivity index (χ4v) is 3.04. The molecule has 26 heavy (non-hydrogen) atoms. The summed E-state index contributed by atoms with van der Waals surface area (Å²) in [5, 5.41) is 0.966. The van der Waals surface area contributed by atoms with E-state index in [-0.39, 0.29) is 18.7 Å². The quantitative estimate of drug-likeness (QED) is 0.588. The lowest BCUT2D eigenvalue weighted by atomic mass is 10.1.